The van der Waals surface area contributed by atoms with Crippen molar-refractivity contribution < 1.29 is 14.7 Å². The monoisotopic (exact) mass is 276 g/mol. The standard InChI is InChI=1S/C15H20N2O3/c1-9-6-11(7-12(10(9)2)14(19)20)17-13(18)8-15(16)4-3-5-15/h6-7H,3-5,8,16H2,1-2H3,(H,17,18)(H,19,20). The summed E-state index contributed by atoms with van der Waals surface area (Å²) in [4.78, 5) is 23.1. The van der Waals surface area contributed by atoms with Crippen LogP contribution in [-0.2, 0) is 4.79 Å². The molecule has 0 atom stereocenters. The third-order valence-corrected chi connectivity index (χ3v) is 4.04. The summed E-state index contributed by atoms with van der Waals surface area (Å²) in [6.07, 6.45) is 3.08. The van der Waals surface area contributed by atoms with E-state index in [-0.39, 0.29) is 23.4 Å². The van der Waals surface area contributed by atoms with Crippen molar-refractivity contribution in [3.8, 4) is 0 Å². The number of benzene rings is 1. The van der Waals surface area contributed by atoms with Crippen molar-refractivity contribution in [2.24, 2.45) is 5.73 Å². The van der Waals surface area contributed by atoms with Gasteiger partial charge in [0.05, 0.1) is 5.56 Å². The molecule has 1 aliphatic carbocycles. The number of rotatable bonds is 4. The van der Waals surface area contributed by atoms with Crippen molar-refractivity contribution in [3.63, 3.8) is 0 Å². The van der Waals surface area contributed by atoms with E-state index in [1.54, 1.807) is 13.0 Å². The van der Waals surface area contributed by atoms with Gasteiger partial charge in [-0.05, 0) is 56.4 Å². The Morgan fingerprint density at radius 2 is 2.00 bits per heavy atom. The van der Waals surface area contributed by atoms with Gasteiger partial charge in [0.1, 0.15) is 0 Å². The molecule has 5 heteroatoms. The number of aryl methyl sites for hydroxylation is 1. The Bertz CT molecular complexity index is 562. The van der Waals surface area contributed by atoms with E-state index in [1.807, 2.05) is 6.92 Å². The Hall–Kier alpha value is -1.88. The van der Waals surface area contributed by atoms with Gasteiger partial charge >= 0.3 is 5.97 Å². The number of carboxylic acid groups (broad SMARTS) is 1. The quantitative estimate of drug-likeness (QED) is 0.786. The van der Waals surface area contributed by atoms with E-state index in [1.165, 1.54) is 6.07 Å². The van der Waals surface area contributed by atoms with Crippen molar-refractivity contribution in [3.05, 3.63) is 28.8 Å². The normalized spacial score (nSPS) is 16.4. The molecule has 1 aliphatic rings. The summed E-state index contributed by atoms with van der Waals surface area (Å²) in [5.41, 5.74) is 7.94. The van der Waals surface area contributed by atoms with Crippen molar-refractivity contribution in [2.75, 3.05) is 5.32 Å². The Morgan fingerprint density at radius 1 is 1.35 bits per heavy atom. The second kappa shape index (κ2) is 5.25. The molecule has 0 unspecified atom stereocenters. The van der Waals surface area contributed by atoms with Crippen molar-refractivity contribution in [1.29, 1.82) is 0 Å². The molecule has 0 aliphatic heterocycles. The van der Waals surface area contributed by atoms with Crippen LogP contribution in [0.15, 0.2) is 12.1 Å². The first-order valence-electron chi connectivity index (χ1n) is 6.74. The lowest BCUT2D eigenvalue weighted by Crippen LogP contribution is -2.48. The number of nitrogens with two attached hydrogens (primary N) is 1. The highest BCUT2D eigenvalue weighted by Crippen LogP contribution is 2.32. The fourth-order valence-electron chi connectivity index (χ4n) is 2.49. The van der Waals surface area contributed by atoms with Crippen LogP contribution in [0.5, 0.6) is 0 Å². The molecule has 5 nitrogen and oxygen atoms in total. The molecule has 4 N–H and O–H groups in total. The molecule has 0 aromatic heterocycles. The zero-order chi connectivity index (χ0) is 14.9. The summed E-state index contributed by atoms with van der Waals surface area (Å²) < 4.78 is 0. The smallest absolute Gasteiger partial charge is 0.336 e. The minimum absolute atomic E-state index is 0.160. The topological polar surface area (TPSA) is 92.4 Å². The summed E-state index contributed by atoms with van der Waals surface area (Å²) in [7, 11) is 0. The van der Waals surface area contributed by atoms with Crippen LogP contribution in [0.1, 0.15) is 47.2 Å². The van der Waals surface area contributed by atoms with Gasteiger partial charge < -0.3 is 16.2 Å². The highest BCUT2D eigenvalue weighted by molar-refractivity contribution is 5.95. The van der Waals surface area contributed by atoms with Crippen LogP contribution in [-0.4, -0.2) is 22.5 Å². The van der Waals surface area contributed by atoms with Crippen LogP contribution in [0.3, 0.4) is 0 Å². The van der Waals surface area contributed by atoms with Crippen molar-refractivity contribution in [1.82, 2.24) is 0 Å². The maximum atomic E-state index is 12.0. The first kappa shape index (κ1) is 14.5. The number of amides is 1. The van der Waals surface area contributed by atoms with Crippen LogP contribution < -0.4 is 11.1 Å². The molecule has 1 fully saturated rings. The number of nitrogens with one attached hydrogen (secondary N) is 1. The van der Waals surface area contributed by atoms with Crippen LogP contribution in [0.2, 0.25) is 0 Å². The van der Waals surface area contributed by atoms with Gasteiger partial charge in [-0.15, -0.1) is 0 Å². The van der Waals surface area contributed by atoms with Crippen molar-refractivity contribution >= 4 is 17.6 Å². The summed E-state index contributed by atoms with van der Waals surface area (Å²) in [6.45, 7) is 3.58. The van der Waals surface area contributed by atoms with E-state index in [4.69, 9.17) is 10.8 Å². The molecule has 0 heterocycles. The summed E-state index contributed by atoms with van der Waals surface area (Å²) >= 11 is 0. The molecule has 1 aromatic carbocycles. The molecule has 20 heavy (non-hydrogen) atoms. The average molecular weight is 276 g/mol. The number of carbonyl (C=O) groups excluding carboxylic acids is 1. The summed E-state index contributed by atoms with van der Waals surface area (Å²) in [5.74, 6) is -1.15. The number of carboxylic acids is 1. The molecule has 0 radical (unpaired) electrons. The molecular weight excluding hydrogens is 256 g/mol. The minimum atomic E-state index is -0.990. The zero-order valence-corrected chi connectivity index (χ0v) is 11.8. The van der Waals surface area contributed by atoms with E-state index in [0.29, 0.717) is 11.3 Å². The minimum Gasteiger partial charge on any atom is -0.478 e. The lowest BCUT2D eigenvalue weighted by molar-refractivity contribution is -0.118. The Kier molecular flexibility index (Phi) is 3.81. The summed E-state index contributed by atoms with van der Waals surface area (Å²) in [6, 6.07) is 3.27. The Balaban J connectivity index is 2.13. The molecule has 2 rings (SSSR count). The van der Waals surface area contributed by atoms with E-state index >= 15 is 0 Å². The number of carbonyl (C=O) groups is 2. The predicted octanol–water partition coefficient (Wildman–Crippen LogP) is 2.21. The SMILES string of the molecule is Cc1cc(NC(=O)CC2(N)CCC2)cc(C(=O)O)c1C. The van der Waals surface area contributed by atoms with Crippen molar-refractivity contribution in [2.45, 2.75) is 45.1 Å². The molecule has 1 amide bonds. The van der Waals surface area contributed by atoms with Crippen LogP contribution in [0.4, 0.5) is 5.69 Å². The second-order valence-corrected chi connectivity index (χ2v) is 5.71. The Morgan fingerprint density at radius 3 is 2.50 bits per heavy atom. The lowest BCUT2D eigenvalue weighted by Gasteiger charge is -2.37. The Labute approximate surface area is 118 Å². The van der Waals surface area contributed by atoms with E-state index in [2.05, 4.69) is 5.32 Å². The number of anilines is 1. The van der Waals surface area contributed by atoms with Crippen LogP contribution in [0.25, 0.3) is 0 Å². The molecule has 108 valence electrons. The maximum Gasteiger partial charge on any atom is 0.336 e. The van der Waals surface area contributed by atoms with Gasteiger partial charge in [-0.1, -0.05) is 0 Å². The highest BCUT2D eigenvalue weighted by atomic mass is 16.4. The molecule has 1 aromatic rings. The molecule has 0 spiro atoms. The molecule has 0 bridgehead atoms. The predicted molar refractivity (Wildman–Crippen MR) is 76.9 cm³/mol. The van der Waals surface area contributed by atoms with Crippen LogP contribution >= 0.6 is 0 Å². The van der Waals surface area contributed by atoms with Crippen LogP contribution in [0, 0.1) is 13.8 Å². The third-order valence-electron chi connectivity index (χ3n) is 4.04. The van der Waals surface area contributed by atoms with Gasteiger partial charge in [0, 0.05) is 17.6 Å². The average Bonchev–Trinajstić information content (AvgIpc) is 2.31. The van der Waals surface area contributed by atoms with E-state index in [9.17, 15) is 9.59 Å². The van der Waals surface area contributed by atoms with E-state index < -0.39 is 5.97 Å². The first-order chi connectivity index (χ1) is 9.31. The fraction of sp³-hybridized carbons (Fsp3) is 0.467. The van der Waals surface area contributed by atoms with Gasteiger partial charge in [-0.25, -0.2) is 4.79 Å². The van der Waals surface area contributed by atoms with Gasteiger partial charge in [-0.2, -0.15) is 0 Å². The number of aromatic carboxylic acids is 1. The van der Waals surface area contributed by atoms with Gasteiger partial charge in [0.2, 0.25) is 5.91 Å². The second-order valence-electron chi connectivity index (χ2n) is 5.71. The third kappa shape index (κ3) is 2.99. The highest BCUT2D eigenvalue weighted by Gasteiger charge is 2.34. The molecule has 1 saturated carbocycles. The largest absolute Gasteiger partial charge is 0.478 e. The summed E-state index contributed by atoms with van der Waals surface area (Å²) in [5, 5.41) is 11.9. The number of hydrogen-bond donors (Lipinski definition) is 3. The lowest BCUT2D eigenvalue weighted by atomic mass is 9.75. The number of hydrogen-bond acceptors (Lipinski definition) is 3. The van der Waals surface area contributed by atoms with Gasteiger partial charge in [0.15, 0.2) is 0 Å². The fourth-order valence-corrected chi connectivity index (χ4v) is 2.49. The first-order valence-corrected chi connectivity index (χ1v) is 6.74. The maximum absolute atomic E-state index is 12.0. The zero-order valence-electron chi connectivity index (χ0n) is 11.8. The molecule has 0 saturated heterocycles. The van der Waals surface area contributed by atoms with Gasteiger partial charge in [0.25, 0.3) is 0 Å². The molecular formula is C15H20N2O3. The van der Waals surface area contributed by atoms with Gasteiger partial charge in [-0.3, -0.25) is 4.79 Å². The van der Waals surface area contributed by atoms with E-state index in [0.717, 1.165) is 24.8 Å².